The molecule has 0 aliphatic heterocycles. The van der Waals surface area contributed by atoms with Crippen molar-refractivity contribution in [2.45, 2.75) is 44.9 Å². The van der Waals surface area contributed by atoms with Gasteiger partial charge in [-0.25, -0.2) is 9.59 Å². The molecule has 0 unspecified atom stereocenters. The molecule has 1 aromatic carbocycles. The molecule has 0 spiro atoms. The van der Waals surface area contributed by atoms with Gasteiger partial charge in [-0.2, -0.15) is 0 Å². The number of carbonyl (C=O) groups is 2. The molecule has 118 valence electrons. The minimum atomic E-state index is -0.536. The maximum atomic E-state index is 11.9. The van der Waals surface area contributed by atoms with Gasteiger partial charge >= 0.3 is 12.1 Å². The van der Waals surface area contributed by atoms with Crippen LogP contribution >= 0.6 is 0 Å². The lowest BCUT2D eigenvalue weighted by molar-refractivity contribution is 0.0377. The van der Waals surface area contributed by atoms with Gasteiger partial charge in [0.2, 0.25) is 0 Å². The van der Waals surface area contributed by atoms with Crippen LogP contribution in [0.4, 0.5) is 4.79 Å². The standard InChI is InChI=1S/C17H21NO4/c1-17(2,3)22-16(20)18-13-9-10-14(11-13)21-15(19)12-7-5-4-6-8-12/h4-10,13-14H,11H2,1-3H3,(H,18,20)/t13-,14+/m0/s1. The van der Waals surface area contributed by atoms with E-state index in [-0.39, 0.29) is 18.1 Å². The molecule has 1 aromatic rings. The monoisotopic (exact) mass is 303 g/mol. The molecule has 5 heteroatoms. The summed E-state index contributed by atoms with van der Waals surface area (Å²) < 4.78 is 10.6. The second-order valence-electron chi connectivity index (χ2n) is 6.18. The van der Waals surface area contributed by atoms with Crippen LogP contribution in [0.25, 0.3) is 0 Å². The topological polar surface area (TPSA) is 64.6 Å². The Bertz CT molecular complexity index is 560. The van der Waals surface area contributed by atoms with Crippen molar-refractivity contribution in [1.82, 2.24) is 5.32 Å². The van der Waals surface area contributed by atoms with Crippen LogP contribution in [0.15, 0.2) is 42.5 Å². The maximum Gasteiger partial charge on any atom is 0.408 e. The van der Waals surface area contributed by atoms with E-state index in [9.17, 15) is 9.59 Å². The number of amides is 1. The number of benzene rings is 1. The Morgan fingerprint density at radius 2 is 1.82 bits per heavy atom. The minimum Gasteiger partial charge on any atom is -0.454 e. The number of ether oxygens (including phenoxy) is 2. The van der Waals surface area contributed by atoms with E-state index in [1.54, 1.807) is 30.3 Å². The molecular weight excluding hydrogens is 282 g/mol. The summed E-state index contributed by atoms with van der Waals surface area (Å²) in [6.07, 6.45) is 3.29. The van der Waals surface area contributed by atoms with Crippen LogP contribution < -0.4 is 5.32 Å². The molecule has 0 aromatic heterocycles. The highest BCUT2D eigenvalue weighted by molar-refractivity contribution is 5.89. The van der Waals surface area contributed by atoms with Crippen molar-refractivity contribution in [1.29, 1.82) is 0 Å². The average Bonchev–Trinajstić information content (AvgIpc) is 2.84. The number of hydrogen-bond donors (Lipinski definition) is 1. The zero-order chi connectivity index (χ0) is 16.2. The third-order valence-electron chi connectivity index (χ3n) is 3.01. The first-order valence-corrected chi connectivity index (χ1v) is 7.27. The highest BCUT2D eigenvalue weighted by atomic mass is 16.6. The third-order valence-corrected chi connectivity index (χ3v) is 3.01. The van der Waals surface area contributed by atoms with Crippen LogP contribution in [0.5, 0.6) is 0 Å². The largest absolute Gasteiger partial charge is 0.454 e. The molecule has 0 fully saturated rings. The van der Waals surface area contributed by atoms with Crippen LogP contribution in [0.1, 0.15) is 37.6 Å². The molecule has 2 rings (SSSR count). The molecule has 0 radical (unpaired) electrons. The molecule has 1 amide bonds. The zero-order valence-electron chi connectivity index (χ0n) is 13.0. The zero-order valence-corrected chi connectivity index (χ0v) is 13.0. The molecule has 1 N–H and O–H groups in total. The van der Waals surface area contributed by atoms with Gasteiger partial charge in [-0.1, -0.05) is 24.3 Å². The summed E-state index contributed by atoms with van der Waals surface area (Å²) in [5, 5.41) is 2.74. The molecule has 5 nitrogen and oxygen atoms in total. The molecule has 1 aliphatic rings. The average molecular weight is 303 g/mol. The Morgan fingerprint density at radius 3 is 2.45 bits per heavy atom. The number of hydrogen-bond acceptors (Lipinski definition) is 4. The first-order valence-electron chi connectivity index (χ1n) is 7.27. The summed E-state index contributed by atoms with van der Waals surface area (Å²) in [7, 11) is 0. The molecule has 1 aliphatic carbocycles. The molecule has 0 saturated carbocycles. The third kappa shape index (κ3) is 4.91. The van der Waals surface area contributed by atoms with E-state index in [1.165, 1.54) is 0 Å². The Morgan fingerprint density at radius 1 is 1.14 bits per heavy atom. The van der Waals surface area contributed by atoms with Gasteiger partial charge in [0.05, 0.1) is 11.6 Å². The summed E-state index contributed by atoms with van der Waals surface area (Å²) in [5.74, 6) is -0.367. The van der Waals surface area contributed by atoms with Gasteiger partial charge in [0.15, 0.2) is 0 Å². The predicted molar refractivity (Wildman–Crippen MR) is 82.6 cm³/mol. The molecule has 2 atom stereocenters. The smallest absolute Gasteiger partial charge is 0.408 e. The first kappa shape index (κ1) is 16.1. The van der Waals surface area contributed by atoms with Crippen molar-refractivity contribution < 1.29 is 19.1 Å². The van der Waals surface area contributed by atoms with Gasteiger partial charge in [0, 0.05) is 6.42 Å². The van der Waals surface area contributed by atoms with Crippen molar-refractivity contribution in [3.8, 4) is 0 Å². The second-order valence-corrected chi connectivity index (χ2v) is 6.18. The van der Waals surface area contributed by atoms with Gasteiger partial charge in [-0.05, 0) is 39.0 Å². The van der Waals surface area contributed by atoms with Crippen LogP contribution in [-0.4, -0.2) is 29.8 Å². The number of nitrogens with one attached hydrogen (secondary N) is 1. The van der Waals surface area contributed by atoms with Crippen molar-refractivity contribution in [3.63, 3.8) is 0 Å². The SMILES string of the molecule is CC(C)(C)OC(=O)N[C@H]1C=C[C@@H](OC(=O)c2ccccc2)C1. The highest BCUT2D eigenvalue weighted by Crippen LogP contribution is 2.17. The fraction of sp³-hybridized carbons (Fsp3) is 0.412. The minimum absolute atomic E-state index is 0.191. The lowest BCUT2D eigenvalue weighted by atomic mass is 10.2. The maximum absolute atomic E-state index is 11.9. The number of carbonyl (C=O) groups excluding carboxylic acids is 2. The van der Waals surface area contributed by atoms with Crippen molar-refractivity contribution >= 4 is 12.1 Å². The van der Waals surface area contributed by atoms with Gasteiger partial charge in [0.25, 0.3) is 0 Å². The van der Waals surface area contributed by atoms with E-state index >= 15 is 0 Å². The number of rotatable bonds is 3. The van der Waals surface area contributed by atoms with Crippen LogP contribution in [0.3, 0.4) is 0 Å². The Hall–Kier alpha value is -2.30. The summed E-state index contributed by atoms with van der Waals surface area (Å²) in [6.45, 7) is 5.42. The predicted octanol–water partition coefficient (Wildman–Crippen LogP) is 3.07. The molecule has 0 heterocycles. The van der Waals surface area contributed by atoms with E-state index in [1.807, 2.05) is 32.9 Å². The fourth-order valence-corrected chi connectivity index (χ4v) is 2.10. The van der Waals surface area contributed by atoms with Crippen LogP contribution in [0.2, 0.25) is 0 Å². The van der Waals surface area contributed by atoms with E-state index in [0.29, 0.717) is 12.0 Å². The summed E-state index contributed by atoms with van der Waals surface area (Å²) >= 11 is 0. The van der Waals surface area contributed by atoms with Gasteiger partial charge in [-0.3, -0.25) is 0 Å². The number of esters is 1. The van der Waals surface area contributed by atoms with Crippen molar-refractivity contribution in [3.05, 3.63) is 48.0 Å². The van der Waals surface area contributed by atoms with Crippen LogP contribution in [-0.2, 0) is 9.47 Å². The number of alkyl carbamates (subject to hydrolysis) is 1. The van der Waals surface area contributed by atoms with Gasteiger partial charge in [-0.15, -0.1) is 0 Å². The van der Waals surface area contributed by atoms with Crippen molar-refractivity contribution in [2.24, 2.45) is 0 Å². The van der Waals surface area contributed by atoms with E-state index in [2.05, 4.69) is 5.32 Å². The molecule has 0 saturated heterocycles. The van der Waals surface area contributed by atoms with Crippen LogP contribution in [0, 0.1) is 0 Å². The first-order chi connectivity index (χ1) is 10.3. The summed E-state index contributed by atoms with van der Waals surface area (Å²) in [4.78, 5) is 23.6. The fourth-order valence-electron chi connectivity index (χ4n) is 2.10. The Labute approximate surface area is 130 Å². The van der Waals surface area contributed by atoms with E-state index in [0.717, 1.165) is 0 Å². The Balaban J connectivity index is 1.80. The normalized spacial score (nSPS) is 20.5. The van der Waals surface area contributed by atoms with E-state index in [4.69, 9.17) is 9.47 Å². The van der Waals surface area contributed by atoms with Gasteiger partial charge < -0.3 is 14.8 Å². The summed E-state index contributed by atoms with van der Waals surface area (Å²) in [6, 6.07) is 8.63. The second kappa shape index (κ2) is 6.64. The molecular formula is C17H21NO4. The molecule has 22 heavy (non-hydrogen) atoms. The molecule has 0 bridgehead atoms. The van der Waals surface area contributed by atoms with E-state index < -0.39 is 11.7 Å². The van der Waals surface area contributed by atoms with Crippen molar-refractivity contribution in [2.75, 3.05) is 0 Å². The Kier molecular flexibility index (Phi) is 4.85. The summed E-state index contributed by atoms with van der Waals surface area (Å²) in [5.41, 5.74) is -0.0228. The lowest BCUT2D eigenvalue weighted by Gasteiger charge is -2.21. The quantitative estimate of drug-likeness (QED) is 0.688. The highest BCUT2D eigenvalue weighted by Gasteiger charge is 2.25. The lowest BCUT2D eigenvalue weighted by Crippen LogP contribution is -2.38. The van der Waals surface area contributed by atoms with Gasteiger partial charge in [0.1, 0.15) is 11.7 Å².